The Kier molecular flexibility index (Phi) is 7.23. The van der Waals surface area contributed by atoms with Gasteiger partial charge in [-0.3, -0.25) is 0 Å². The fraction of sp³-hybridized carbons (Fsp3) is 0.0189. The van der Waals surface area contributed by atoms with Crippen molar-refractivity contribution >= 4 is 77.0 Å². The van der Waals surface area contributed by atoms with Crippen LogP contribution in [-0.4, -0.2) is 16.2 Å². The Labute approximate surface area is 333 Å². The van der Waals surface area contributed by atoms with E-state index in [-0.39, 0.29) is 0 Å². The van der Waals surface area contributed by atoms with Crippen LogP contribution >= 0.6 is 0 Å². The van der Waals surface area contributed by atoms with Gasteiger partial charge in [0, 0.05) is 32.8 Å². The predicted octanol–water partition coefficient (Wildman–Crippen LogP) is 13.2. The van der Waals surface area contributed by atoms with Crippen LogP contribution < -0.4 is 5.32 Å². The number of hydrogen-bond donors (Lipinski definition) is 1. The zero-order valence-electron chi connectivity index (χ0n) is 31.3. The van der Waals surface area contributed by atoms with Gasteiger partial charge in [0.25, 0.3) is 0 Å². The molecule has 0 aliphatic carbocycles. The summed E-state index contributed by atoms with van der Waals surface area (Å²) in [5, 5.41) is 13.0. The summed E-state index contributed by atoms with van der Waals surface area (Å²) in [4.78, 5) is 10.7. The van der Waals surface area contributed by atoms with Crippen molar-refractivity contribution in [1.29, 1.82) is 0 Å². The molecule has 0 saturated heterocycles. The molecule has 0 spiro atoms. The van der Waals surface area contributed by atoms with Crippen LogP contribution in [0.2, 0.25) is 0 Å². The second-order valence-corrected chi connectivity index (χ2v) is 15.0. The van der Waals surface area contributed by atoms with E-state index in [1.807, 2.05) is 18.2 Å². The molecule has 58 heavy (non-hydrogen) atoms. The van der Waals surface area contributed by atoms with E-state index in [1.165, 1.54) is 27.1 Å². The van der Waals surface area contributed by atoms with Gasteiger partial charge in [0.15, 0.2) is 5.84 Å². The van der Waals surface area contributed by atoms with E-state index in [0.717, 1.165) is 71.7 Å². The number of furan rings is 1. The summed E-state index contributed by atoms with van der Waals surface area (Å²) in [5.74, 6) is 1.37. The molecule has 12 rings (SSSR count). The standard InChI is InChI=1S/C53H34N4O/c1-2-13-33(14-3-1)34-25-27-36(28-26-34)51-54-52(43-22-12-18-35-15-6-7-19-40(35)43)56-53(55-51)46-32-39(31-45-42-21-9-11-24-49(42)58-50(45)46)57-47-23-10-8-20-41(47)44-29-37-16-4-5-17-38(37)30-48(44)57/h1-32,51H,(H,54,55,56). The first-order chi connectivity index (χ1) is 28.7. The number of para-hydroxylation sites is 2. The molecule has 1 unspecified atom stereocenters. The number of nitrogens with zero attached hydrogens (tertiary/aromatic N) is 3. The number of amidine groups is 2. The van der Waals surface area contributed by atoms with Crippen LogP contribution in [0.5, 0.6) is 0 Å². The normalized spacial score (nSPS) is 14.4. The number of aliphatic imine (C=N–C) groups is 2. The topological polar surface area (TPSA) is 54.8 Å². The second-order valence-electron chi connectivity index (χ2n) is 15.0. The molecule has 9 aromatic carbocycles. The zero-order chi connectivity index (χ0) is 38.2. The van der Waals surface area contributed by atoms with E-state index in [1.54, 1.807) is 0 Å². The summed E-state index contributed by atoms with van der Waals surface area (Å²) < 4.78 is 9.18. The largest absolute Gasteiger partial charge is 0.455 e. The molecule has 1 aliphatic rings. The third-order valence-electron chi connectivity index (χ3n) is 11.6. The number of rotatable bonds is 5. The quantitative estimate of drug-likeness (QED) is 0.191. The number of benzene rings is 9. The van der Waals surface area contributed by atoms with E-state index >= 15 is 0 Å². The molecule has 3 heterocycles. The molecule has 5 nitrogen and oxygen atoms in total. The van der Waals surface area contributed by atoms with Crippen LogP contribution in [-0.2, 0) is 0 Å². The van der Waals surface area contributed by atoms with Crippen molar-refractivity contribution in [2.75, 3.05) is 0 Å². The highest BCUT2D eigenvalue weighted by atomic mass is 16.3. The third-order valence-corrected chi connectivity index (χ3v) is 11.6. The molecule has 0 saturated carbocycles. The van der Waals surface area contributed by atoms with Gasteiger partial charge in [-0.2, -0.15) is 0 Å². The first-order valence-corrected chi connectivity index (χ1v) is 19.7. The fourth-order valence-corrected chi connectivity index (χ4v) is 8.84. The Bertz CT molecular complexity index is 3480. The third kappa shape index (κ3) is 5.17. The van der Waals surface area contributed by atoms with Crippen LogP contribution in [0.25, 0.3) is 82.1 Å². The molecule has 0 radical (unpaired) electrons. The second kappa shape index (κ2) is 12.9. The predicted molar refractivity (Wildman–Crippen MR) is 240 cm³/mol. The maximum absolute atomic E-state index is 6.79. The molecular formula is C53H34N4O. The van der Waals surface area contributed by atoms with Gasteiger partial charge in [0.05, 0.1) is 16.6 Å². The smallest absolute Gasteiger partial charge is 0.160 e. The highest BCUT2D eigenvalue weighted by Gasteiger charge is 2.26. The van der Waals surface area contributed by atoms with E-state index in [2.05, 4.69) is 186 Å². The highest BCUT2D eigenvalue weighted by Crippen LogP contribution is 2.39. The lowest BCUT2D eigenvalue weighted by molar-refractivity contribution is 0.659. The van der Waals surface area contributed by atoms with Crippen molar-refractivity contribution in [3.63, 3.8) is 0 Å². The summed E-state index contributed by atoms with van der Waals surface area (Å²) in [5.41, 5.74) is 10.1. The molecule has 5 heteroatoms. The summed E-state index contributed by atoms with van der Waals surface area (Å²) in [6, 6.07) is 68.7. The van der Waals surface area contributed by atoms with Crippen LogP contribution in [0.15, 0.2) is 209 Å². The lowest BCUT2D eigenvalue weighted by Gasteiger charge is -2.24. The highest BCUT2D eigenvalue weighted by molar-refractivity contribution is 6.22. The summed E-state index contributed by atoms with van der Waals surface area (Å²) in [6.45, 7) is 0. The molecule has 272 valence electrons. The minimum absolute atomic E-state index is 0.408. The molecule has 1 N–H and O–H groups in total. The Balaban J connectivity index is 1.11. The van der Waals surface area contributed by atoms with Gasteiger partial charge in [-0.05, 0) is 74.6 Å². The molecule has 11 aromatic rings. The minimum Gasteiger partial charge on any atom is -0.455 e. The molecule has 0 fully saturated rings. The Morgan fingerprint density at radius 3 is 1.98 bits per heavy atom. The monoisotopic (exact) mass is 742 g/mol. The van der Waals surface area contributed by atoms with Gasteiger partial charge in [0.1, 0.15) is 23.2 Å². The molecule has 2 aromatic heterocycles. The Morgan fingerprint density at radius 1 is 0.466 bits per heavy atom. The van der Waals surface area contributed by atoms with Crippen molar-refractivity contribution < 1.29 is 4.42 Å². The van der Waals surface area contributed by atoms with Crippen LogP contribution in [0.4, 0.5) is 0 Å². The SMILES string of the molecule is c1ccc(-c2ccc(C3N=C(c4cccc5ccccc45)N=C(c4cc(-n5c6ccccc6c6cc7ccccc7cc65)cc5c4oc4ccccc45)N3)cc2)cc1. The first-order valence-electron chi connectivity index (χ1n) is 19.7. The number of aromatic nitrogens is 1. The zero-order valence-corrected chi connectivity index (χ0v) is 31.3. The molecule has 1 aliphatic heterocycles. The van der Waals surface area contributed by atoms with Gasteiger partial charge >= 0.3 is 0 Å². The van der Waals surface area contributed by atoms with E-state index in [0.29, 0.717) is 11.7 Å². The Hall–Kier alpha value is -7.76. The van der Waals surface area contributed by atoms with Crippen molar-refractivity contribution in [3.8, 4) is 16.8 Å². The van der Waals surface area contributed by atoms with Gasteiger partial charge < -0.3 is 14.3 Å². The van der Waals surface area contributed by atoms with Crippen LogP contribution in [0.1, 0.15) is 22.9 Å². The van der Waals surface area contributed by atoms with Gasteiger partial charge in [-0.25, -0.2) is 9.98 Å². The van der Waals surface area contributed by atoms with Crippen molar-refractivity contribution in [2.24, 2.45) is 9.98 Å². The van der Waals surface area contributed by atoms with Crippen LogP contribution in [0, 0.1) is 0 Å². The summed E-state index contributed by atoms with van der Waals surface area (Å²) >= 11 is 0. The average Bonchev–Trinajstić information content (AvgIpc) is 3.83. The number of hydrogen-bond acceptors (Lipinski definition) is 4. The maximum Gasteiger partial charge on any atom is 0.160 e. The van der Waals surface area contributed by atoms with Crippen molar-refractivity contribution in [2.45, 2.75) is 6.17 Å². The van der Waals surface area contributed by atoms with Gasteiger partial charge in [0.2, 0.25) is 0 Å². The van der Waals surface area contributed by atoms with Crippen LogP contribution in [0.3, 0.4) is 0 Å². The fourth-order valence-electron chi connectivity index (χ4n) is 8.84. The van der Waals surface area contributed by atoms with E-state index in [9.17, 15) is 0 Å². The lowest BCUT2D eigenvalue weighted by Crippen LogP contribution is -2.33. The molecular weight excluding hydrogens is 709 g/mol. The van der Waals surface area contributed by atoms with Gasteiger partial charge in [-0.15, -0.1) is 0 Å². The summed E-state index contributed by atoms with van der Waals surface area (Å²) in [7, 11) is 0. The summed E-state index contributed by atoms with van der Waals surface area (Å²) in [6.07, 6.45) is -0.408. The average molecular weight is 743 g/mol. The van der Waals surface area contributed by atoms with E-state index < -0.39 is 6.17 Å². The van der Waals surface area contributed by atoms with Crippen molar-refractivity contribution in [1.82, 2.24) is 9.88 Å². The van der Waals surface area contributed by atoms with E-state index in [4.69, 9.17) is 14.4 Å². The molecule has 0 amide bonds. The number of nitrogens with one attached hydrogen (secondary N) is 1. The minimum atomic E-state index is -0.408. The molecule has 1 atom stereocenters. The Morgan fingerprint density at radius 2 is 1.14 bits per heavy atom. The number of fused-ring (bicyclic) bond motifs is 8. The molecule has 0 bridgehead atoms. The van der Waals surface area contributed by atoms with Crippen molar-refractivity contribution in [3.05, 3.63) is 211 Å². The first kappa shape index (κ1) is 32.5. The maximum atomic E-state index is 6.79. The lowest BCUT2D eigenvalue weighted by atomic mass is 10.0. The van der Waals surface area contributed by atoms with Gasteiger partial charge in [-0.1, -0.05) is 158 Å².